The third-order valence-corrected chi connectivity index (χ3v) is 5.35. The van der Waals surface area contributed by atoms with Crippen molar-refractivity contribution in [2.75, 3.05) is 12.8 Å². The number of hydrogen-bond acceptors (Lipinski definition) is 3. The van der Waals surface area contributed by atoms with E-state index in [1.54, 1.807) is 24.3 Å². The number of esters is 1. The number of carbonyl (C=O) groups excluding carboxylic acids is 1. The molecule has 0 heterocycles. The van der Waals surface area contributed by atoms with Crippen LogP contribution in [0.5, 0.6) is 0 Å². The van der Waals surface area contributed by atoms with E-state index in [0.717, 1.165) is 12.1 Å². The van der Waals surface area contributed by atoms with E-state index in [1.165, 1.54) is 31.4 Å². The van der Waals surface area contributed by atoms with Crippen molar-refractivity contribution in [2.45, 2.75) is 32.4 Å². The molecular formula is C26H25F4NO2. The average molecular weight is 459 g/mol. The fourth-order valence-corrected chi connectivity index (χ4v) is 3.80. The van der Waals surface area contributed by atoms with Gasteiger partial charge in [-0.3, -0.25) is 4.79 Å². The van der Waals surface area contributed by atoms with Crippen LogP contribution in [0.1, 0.15) is 37.3 Å². The van der Waals surface area contributed by atoms with Crippen molar-refractivity contribution in [1.29, 1.82) is 0 Å². The molecule has 2 N–H and O–H groups in total. The Morgan fingerprint density at radius 1 is 0.909 bits per heavy atom. The Bertz CT molecular complexity index is 1120. The van der Waals surface area contributed by atoms with Crippen molar-refractivity contribution >= 4 is 11.7 Å². The molecule has 33 heavy (non-hydrogen) atoms. The molecule has 0 aliphatic rings. The van der Waals surface area contributed by atoms with Gasteiger partial charge in [0.1, 0.15) is 5.82 Å². The molecule has 0 spiro atoms. The molecule has 174 valence electrons. The molecule has 3 nitrogen and oxygen atoms in total. The standard InChI is InChI=1S/C26H25F4NO2/c1-15(2)8-24(25(32)33-3)20-10-17(16-4-6-21(7-5-16)26(28,29)30)9-18(11-20)19-12-22(27)14-23(31)13-19/h4-7,9-15,24H,8,31H2,1-3H3. The fraction of sp³-hybridized carbons (Fsp3) is 0.269. The van der Waals surface area contributed by atoms with E-state index in [1.807, 2.05) is 13.8 Å². The number of nitrogen functional groups attached to an aromatic ring is 1. The highest BCUT2D eigenvalue weighted by atomic mass is 19.4. The number of hydrogen-bond donors (Lipinski definition) is 1. The number of benzene rings is 3. The summed E-state index contributed by atoms with van der Waals surface area (Å²) >= 11 is 0. The van der Waals surface area contributed by atoms with E-state index in [0.29, 0.717) is 34.2 Å². The van der Waals surface area contributed by atoms with Crippen LogP contribution in [0.25, 0.3) is 22.3 Å². The molecule has 0 aliphatic heterocycles. The van der Waals surface area contributed by atoms with Crippen LogP contribution in [0.4, 0.5) is 23.2 Å². The SMILES string of the molecule is COC(=O)C(CC(C)C)c1cc(-c2ccc(C(F)(F)F)cc2)cc(-c2cc(N)cc(F)c2)c1. The van der Waals surface area contributed by atoms with Crippen molar-refractivity contribution in [1.82, 2.24) is 0 Å². The quantitative estimate of drug-likeness (QED) is 0.244. The molecule has 0 bridgehead atoms. The lowest BCUT2D eigenvalue weighted by Crippen LogP contribution is -2.16. The maximum atomic E-state index is 14.0. The van der Waals surface area contributed by atoms with E-state index in [-0.39, 0.29) is 11.6 Å². The molecular weight excluding hydrogens is 434 g/mol. The topological polar surface area (TPSA) is 52.3 Å². The normalized spacial score (nSPS) is 12.6. The Labute approximate surface area is 190 Å². The molecule has 3 aromatic rings. The monoisotopic (exact) mass is 459 g/mol. The number of methoxy groups -OCH3 is 1. The van der Waals surface area contributed by atoms with Crippen molar-refractivity contribution in [3.8, 4) is 22.3 Å². The van der Waals surface area contributed by atoms with Crippen LogP contribution in [0.2, 0.25) is 0 Å². The van der Waals surface area contributed by atoms with Gasteiger partial charge in [-0.25, -0.2) is 4.39 Å². The first kappa shape index (κ1) is 24.3. The van der Waals surface area contributed by atoms with Gasteiger partial charge in [-0.15, -0.1) is 0 Å². The summed E-state index contributed by atoms with van der Waals surface area (Å²) in [5, 5.41) is 0. The molecule has 0 aliphatic carbocycles. The second-order valence-corrected chi connectivity index (χ2v) is 8.40. The number of carbonyl (C=O) groups is 1. The highest BCUT2D eigenvalue weighted by Gasteiger charge is 2.30. The predicted molar refractivity (Wildman–Crippen MR) is 121 cm³/mol. The van der Waals surface area contributed by atoms with Crippen molar-refractivity contribution in [3.05, 3.63) is 77.6 Å². The number of anilines is 1. The molecule has 3 rings (SSSR count). The minimum atomic E-state index is -4.45. The number of ether oxygens (including phenoxy) is 1. The lowest BCUT2D eigenvalue weighted by molar-refractivity contribution is -0.143. The lowest BCUT2D eigenvalue weighted by Gasteiger charge is -2.20. The Hall–Kier alpha value is -3.35. The summed E-state index contributed by atoms with van der Waals surface area (Å²) < 4.78 is 58.1. The Balaban J connectivity index is 2.20. The van der Waals surface area contributed by atoms with E-state index >= 15 is 0 Å². The summed E-state index contributed by atoms with van der Waals surface area (Å²) in [6.45, 7) is 3.95. The van der Waals surface area contributed by atoms with E-state index < -0.39 is 29.4 Å². The minimum absolute atomic E-state index is 0.178. The highest BCUT2D eigenvalue weighted by Crippen LogP contribution is 2.36. The summed E-state index contributed by atoms with van der Waals surface area (Å²) in [5.74, 6) is -1.35. The molecule has 0 radical (unpaired) electrons. The molecule has 3 aromatic carbocycles. The van der Waals surface area contributed by atoms with Crippen molar-refractivity contribution in [3.63, 3.8) is 0 Å². The molecule has 1 atom stereocenters. The molecule has 0 saturated carbocycles. The molecule has 1 unspecified atom stereocenters. The highest BCUT2D eigenvalue weighted by molar-refractivity contribution is 5.82. The summed E-state index contributed by atoms with van der Waals surface area (Å²) in [5.41, 5.74) is 8.13. The first-order valence-corrected chi connectivity index (χ1v) is 10.4. The smallest absolute Gasteiger partial charge is 0.416 e. The number of halogens is 4. The molecule has 7 heteroatoms. The van der Waals surface area contributed by atoms with Gasteiger partial charge < -0.3 is 10.5 Å². The van der Waals surface area contributed by atoms with Gasteiger partial charge in [-0.05, 0) is 76.6 Å². The van der Waals surface area contributed by atoms with Crippen LogP contribution in [0.15, 0.2) is 60.7 Å². The van der Waals surface area contributed by atoms with Crippen molar-refractivity contribution in [2.24, 2.45) is 5.92 Å². The third kappa shape index (κ3) is 5.92. The van der Waals surface area contributed by atoms with Gasteiger partial charge in [-0.2, -0.15) is 13.2 Å². The Morgan fingerprint density at radius 3 is 2.00 bits per heavy atom. The largest absolute Gasteiger partial charge is 0.469 e. The zero-order valence-electron chi connectivity index (χ0n) is 18.5. The summed E-state index contributed by atoms with van der Waals surface area (Å²) in [4.78, 5) is 12.6. The predicted octanol–water partition coefficient (Wildman–Crippen LogP) is 7.06. The third-order valence-electron chi connectivity index (χ3n) is 5.35. The summed E-state index contributed by atoms with van der Waals surface area (Å²) in [7, 11) is 1.31. The van der Waals surface area contributed by atoms with E-state index in [9.17, 15) is 22.4 Å². The number of alkyl halides is 3. The molecule has 0 fully saturated rings. The van der Waals surface area contributed by atoms with Crippen LogP contribution in [0.3, 0.4) is 0 Å². The van der Waals surface area contributed by atoms with Gasteiger partial charge in [0.15, 0.2) is 0 Å². The van der Waals surface area contributed by atoms with E-state index in [4.69, 9.17) is 10.5 Å². The van der Waals surface area contributed by atoms with Crippen LogP contribution >= 0.6 is 0 Å². The van der Waals surface area contributed by atoms with E-state index in [2.05, 4.69) is 0 Å². The Kier molecular flexibility index (Phi) is 7.10. The molecule has 0 aromatic heterocycles. The number of rotatable bonds is 6. The van der Waals surface area contributed by atoms with Crippen LogP contribution in [0, 0.1) is 11.7 Å². The van der Waals surface area contributed by atoms with Gasteiger partial charge in [-0.1, -0.05) is 38.1 Å². The minimum Gasteiger partial charge on any atom is -0.469 e. The fourth-order valence-electron chi connectivity index (χ4n) is 3.80. The van der Waals surface area contributed by atoms with Crippen molar-refractivity contribution < 1.29 is 27.1 Å². The lowest BCUT2D eigenvalue weighted by atomic mass is 9.86. The zero-order chi connectivity index (χ0) is 24.3. The van der Waals surface area contributed by atoms with Crippen LogP contribution in [-0.4, -0.2) is 13.1 Å². The second-order valence-electron chi connectivity index (χ2n) is 8.40. The second kappa shape index (κ2) is 9.65. The van der Waals surface area contributed by atoms with Crippen LogP contribution < -0.4 is 5.73 Å². The van der Waals surface area contributed by atoms with Gasteiger partial charge in [0.25, 0.3) is 0 Å². The van der Waals surface area contributed by atoms with Gasteiger partial charge in [0.2, 0.25) is 0 Å². The molecule has 0 saturated heterocycles. The number of nitrogens with two attached hydrogens (primary N) is 1. The first-order chi connectivity index (χ1) is 15.5. The average Bonchev–Trinajstić information content (AvgIpc) is 2.75. The molecule has 0 amide bonds. The zero-order valence-corrected chi connectivity index (χ0v) is 18.5. The van der Waals surface area contributed by atoms with Crippen LogP contribution in [-0.2, 0) is 15.7 Å². The van der Waals surface area contributed by atoms with Gasteiger partial charge in [0.05, 0.1) is 18.6 Å². The Morgan fingerprint density at radius 2 is 1.48 bits per heavy atom. The first-order valence-electron chi connectivity index (χ1n) is 10.4. The van der Waals surface area contributed by atoms with Gasteiger partial charge >= 0.3 is 12.1 Å². The maximum absolute atomic E-state index is 14.0. The summed E-state index contributed by atoms with van der Waals surface area (Å²) in [6, 6.07) is 14.2. The maximum Gasteiger partial charge on any atom is 0.416 e. The van der Waals surface area contributed by atoms with Gasteiger partial charge in [0, 0.05) is 5.69 Å². The summed E-state index contributed by atoms with van der Waals surface area (Å²) in [6.07, 6.45) is -3.94.